The minimum Gasteiger partial charge on any atom is -0.493 e. The van der Waals surface area contributed by atoms with Crippen molar-refractivity contribution in [3.8, 4) is 11.5 Å². The summed E-state index contributed by atoms with van der Waals surface area (Å²) < 4.78 is 16.1. The Labute approximate surface area is 125 Å². The molecule has 1 atom stereocenters. The SMILES string of the molecule is CCOC1CCC(=O)N1CCc1ccc(OC)c(OC)c1. The molecule has 0 bridgehead atoms. The van der Waals surface area contributed by atoms with E-state index >= 15 is 0 Å². The van der Waals surface area contributed by atoms with E-state index < -0.39 is 0 Å². The Hall–Kier alpha value is -1.75. The molecule has 1 amide bonds. The minimum atomic E-state index is -0.0670. The molecule has 0 radical (unpaired) electrons. The highest BCUT2D eigenvalue weighted by Gasteiger charge is 2.30. The molecule has 21 heavy (non-hydrogen) atoms. The Bertz CT molecular complexity index is 489. The van der Waals surface area contributed by atoms with Gasteiger partial charge in [-0.1, -0.05) is 6.07 Å². The first-order chi connectivity index (χ1) is 10.2. The van der Waals surface area contributed by atoms with Gasteiger partial charge in [0, 0.05) is 26.0 Å². The number of methoxy groups -OCH3 is 2. The molecule has 0 spiro atoms. The number of carbonyl (C=O) groups is 1. The molecule has 5 nitrogen and oxygen atoms in total. The fraction of sp³-hybridized carbons (Fsp3) is 0.562. The number of rotatable bonds is 7. The number of likely N-dealkylation sites (tertiary alicyclic amines) is 1. The first-order valence-electron chi connectivity index (χ1n) is 7.31. The van der Waals surface area contributed by atoms with E-state index in [1.807, 2.05) is 30.0 Å². The summed E-state index contributed by atoms with van der Waals surface area (Å²) in [5.74, 6) is 1.60. The van der Waals surface area contributed by atoms with Gasteiger partial charge in [-0.2, -0.15) is 0 Å². The summed E-state index contributed by atoms with van der Waals surface area (Å²) in [5.41, 5.74) is 1.11. The van der Waals surface area contributed by atoms with Crippen LogP contribution < -0.4 is 9.47 Å². The molecule has 0 N–H and O–H groups in total. The van der Waals surface area contributed by atoms with Crippen LogP contribution in [0.3, 0.4) is 0 Å². The molecule has 1 saturated heterocycles. The van der Waals surface area contributed by atoms with Gasteiger partial charge >= 0.3 is 0 Å². The van der Waals surface area contributed by atoms with Crippen molar-refractivity contribution < 1.29 is 19.0 Å². The van der Waals surface area contributed by atoms with Gasteiger partial charge < -0.3 is 19.1 Å². The van der Waals surface area contributed by atoms with Crippen molar-refractivity contribution in [1.82, 2.24) is 4.90 Å². The Morgan fingerprint density at radius 1 is 1.24 bits per heavy atom. The Morgan fingerprint density at radius 2 is 2.00 bits per heavy atom. The smallest absolute Gasteiger partial charge is 0.224 e. The van der Waals surface area contributed by atoms with Crippen molar-refractivity contribution in [2.45, 2.75) is 32.4 Å². The Morgan fingerprint density at radius 3 is 2.67 bits per heavy atom. The van der Waals surface area contributed by atoms with Crippen LogP contribution in [-0.4, -0.2) is 44.4 Å². The number of amides is 1. The standard InChI is InChI=1S/C16H23NO4/c1-4-21-16-8-7-15(18)17(16)10-9-12-5-6-13(19-2)14(11-12)20-3/h5-6,11,16H,4,7-10H2,1-3H3. The molecule has 1 aromatic carbocycles. The third-order valence-electron chi connectivity index (χ3n) is 3.72. The fourth-order valence-corrected chi connectivity index (χ4v) is 2.63. The second-order valence-electron chi connectivity index (χ2n) is 4.98. The van der Waals surface area contributed by atoms with Crippen LogP contribution in [0.4, 0.5) is 0 Å². The van der Waals surface area contributed by atoms with Crippen LogP contribution in [0.15, 0.2) is 18.2 Å². The highest BCUT2D eigenvalue weighted by Crippen LogP contribution is 2.28. The summed E-state index contributed by atoms with van der Waals surface area (Å²) in [7, 11) is 3.24. The Balaban J connectivity index is 2.00. The third-order valence-corrected chi connectivity index (χ3v) is 3.72. The van der Waals surface area contributed by atoms with Crippen LogP contribution in [0.25, 0.3) is 0 Å². The summed E-state index contributed by atoms with van der Waals surface area (Å²) in [6, 6.07) is 5.84. The van der Waals surface area contributed by atoms with Crippen molar-refractivity contribution in [3.63, 3.8) is 0 Å². The van der Waals surface area contributed by atoms with Gasteiger partial charge in [0.15, 0.2) is 11.5 Å². The van der Waals surface area contributed by atoms with Gasteiger partial charge in [0.25, 0.3) is 0 Å². The van der Waals surface area contributed by atoms with Crippen LogP contribution >= 0.6 is 0 Å². The zero-order valence-corrected chi connectivity index (χ0v) is 12.9. The van der Waals surface area contributed by atoms with Gasteiger partial charge in [0.1, 0.15) is 6.23 Å². The molecule has 1 aliphatic rings. The lowest BCUT2D eigenvalue weighted by Crippen LogP contribution is -2.36. The van der Waals surface area contributed by atoms with Gasteiger partial charge in [-0.15, -0.1) is 0 Å². The quantitative estimate of drug-likeness (QED) is 0.773. The molecule has 1 fully saturated rings. The minimum absolute atomic E-state index is 0.0670. The van der Waals surface area contributed by atoms with E-state index in [0.29, 0.717) is 31.1 Å². The monoisotopic (exact) mass is 293 g/mol. The third kappa shape index (κ3) is 3.67. The van der Waals surface area contributed by atoms with Crippen LogP contribution in [0.2, 0.25) is 0 Å². The maximum atomic E-state index is 11.9. The van der Waals surface area contributed by atoms with E-state index in [1.165, 1.54) is 0 Å². The van der Waals surface area contributed by atoms with E-state index in [4.69, 9.17) is 14.2 Å². The predicted molar refractivity (Wildman–Crippen MR) is 79.6 cm³/mol. The number of benzene rings is 1. The molecule has 0 aliphatic carbocycles. The molecular formula is C16H23NO4. The number of hydrogen-bond donors (Lipinski definition) is 0. The van der Waals surface area contributed by atoms with Crippen LogP contribution in [-0.2, 0) is 16.0 Å². The lowest BCUT2D eigenvalue weighted by molar-refractivity contribution is -0.135. The first-order valence-corrected chi connectivity index (χ1v) is 7.31. The topological polar surface area (TPSA) is 48.0 Å². The average Bonchev–Trinajstić information content (AvgIpc) is 2.85. The molecule has 1 heterocycles. The molecule has 1 aromatic rings. The summed E-state index contributed by atoms with van der Waals surface area (Å²) in [5, 5.41) is 0. The van der Waals surface area contributed by atoms with Crippen molar-refractivity contribution in [1.29, 1.82) is 0 Å². The van der Waals surface area contributed by atoms with E-state index in [9.17, 15) is 4.79 Å². The first kappa shape index (κ1) is 15.6. The fourth-order valence-electron chi connectivity index (χ4n) is 2.63. The molecule has 1 aliphatic heterocycles. The number of ether oxygens (including phenoxy) is 3. The van der Waals surface area contributed by atoms with Crippen LogP contribution in [0.1, 0.15) is 25.3 Å². The zero-order chi connectivity index (χ0) is 15.2. The summed E-state index contributed by atoms with van der Waals surface area (Å²) in [6.07, 6.45) is 2.08. The molecule has 5 heteroatoms. The van der Waals surface area contributed by atoms with Gasteiger partial charge in [-0.25, -0.2) is 0 Å². The maximum absolute atomic E-state index is 11.9. The van der Waals surface area contributed by atoms with Crippen molar-refractivity contribution in [2.24, 2.45) is 0 Å². The van der Waals surface area contributed by atoms with E-state index in [0.717, 1.165) is 18.4 Å². The highest BCUT2D eigenvalue weighted by molar-refractivity contribution is 5.78. The van der Waals surface area contributed by atoms with Crippen LogP contribution in [0.5, 0.6) is 11.5 Å². The van der Waals surface area contributed by atoms with Gasteiger partial charge in [0.05, 0.1) is 14.2 Å². The highest BCUT2D eigenvalue weighted by atomic mass is 16.5. The summed E-state index contributed by atoms with van der Waals surface area (Å²) in [6.45, 7) is 3.25. The molecule has 0 aromatic heterocycles. The van der Waals surface area contributed by atoms with Gasteiger partial charge in [-0.05, 0) is 31.0 Å². The van der Waals surface area contributed by atoms with Crippen molar-refractivity contribution in [2.75, 3.05) is 27.4 Å². The lowest BCUT2D eigenvalue weighted by atomic mass is 10.1. The van der Waals surface area contributed by atoms with Crippen LogP contribution in [0, 0.1) is 0 Å². The largest absolute Gasteiger partial charge is 0.493 e. The normalized spacial score (nSPS) is 18.1. The van der Waals surface area contributed by atoms with E-state index in [1.54, 1.807) is 14.2 Å². The molecule has 2 rings (SSSR count). The predicted octanol–water partition coefficient (Wildman–Crippen LogP) is 2.23. The molecule has 0 saturated carbocycles. The van der Waals surface area contributed by atoms with E-state index in [-0.39, 0.29) is 12.1 Å². The van der Waals surface area contributed by atoms with Gasteiger partial charge in [0.2, 0.25) is 5.91 Å². The van der Waals surface area contributed by atoms with Crippen molar-refractivity contribution >= 4 is 5.91 Å². The lowest BCUT2D eigenvalue weighted by Gasteiger charge is -2.24. The second kappa shape index (κ2) is 7.31. The number of hydrogen-bond acceptors (Lipinski definition) is 4. The van der Waals surface area contributed by atoms with E-state index in [2.05, 4.69) is 0 Å². The Kier molecular flexibility index (Phi) is 5.44. The molecule has 1 unspecified atom stereocenters. The molecule has 116 valence electrons. The van der Waals surface area contributed by atoms with Crippen molar-refractivity contribution in [3.05, 3.63) is 23.8 Å². The maximum Gasteiger partial charge on any atom is 0.224 e. The zero-order valence-electron chi connectivity index (χ0n) is 12.9. The second-order valence-corrected chi connectivity index (χ2v) is 4.98. The van der Waals surface area contributed by atoms with Gasteiger partial charge in [-0.3, -0.25) is 4.79 Å². The number of carbonyl (C=O) groups excluding carboxylic acids is 1. The summed E-state index contributed by atoms with van der Waals surface area (Å²) in [4.78, 5) is 13.7. The number of nitrogens with zero attached hydrogens (tertiary/aromatic N) is 1. The average molecular weight is 293 g/mol. The summed E-state index contributed by atoms with van der Waals surface area (Å²) >= 11 is 0. The molecular weight excluding hydrogens is 270 g/mol.